The van der Waals surface area contributed by atoms with E-state index in [1.807, 2.05) is 37.4 Å². The lowest BCUT2D eigenvalue weighted by Gasteiger charge is -2.06. The van der Waals surface area contributed by atoms with Gasteiger partial charge in [-0.1, -0.05) is 24.0 Å². The van der Waals surface area contributed by atoms with Gasteiger partial charge in [-0.3, -0.25) is 0 Å². The van der Waals surface area contributed by atoms with E-state index < -0.39 is 5.97 Å². The maximum atomic E-state index is 11.2. The summed E-state index contributed by atoms with van der Waals surface area (Å²) < 4.78 is 1.67. The van der Waals surface area contributed by atoms with Gasteiger partial charge in [-0.25, -0.2) is 9.48 Å². The van der Waals surface area contributed by atoms with Crippen LogP contribution in [-0.4, -0.2) is 27.9 Å². The summed E-state index contributed by atoms with van der Waals surface area (Å²) >= 11 is 0. The van der Waals surface area contributed by atoms with Gasteiger partial charge in [0.1, 0.15) is 0 Å². The number of carbonyl (C=O) groups is 1. The number of aromatic nitrogens is 2. The molecule has 5 heteroatoms. The number of carboxylic acid groups (broad SMARTS) is 1. The van der Waals surface area contributed by atoms with Crippen LogP contribution in [0.4, 0.5) is 0 Å². The molecule has 5 nitrogen and oxygen atoms in total. The minimum absolute atomic E-state index is 0.199. The molecule has 2 N–H and O–H groups in total. The Hall–Kier alpha value is -3.36. The summed E-state index contributed by atoms with van der Waals surface area (Å²) in [4.78, 5) is 11.2. The van der Waals surface area contributed by atoms with Crippen molar-refractivity contribution in [1.29, 1.82) is 0 Å². The standard InChI is InChI=1S/C20H17N3O2/c1-21-14-16-5-3-15(4-6-16)7-8-17-13-18(20(24)25)9-10-19(17)23-12-2-11-22-23/h2-6,9-13,21H,14H2,1H3,(H,24,25). The Labute approximate surface area is 145 Å². The van der Waals surface area contributed by atoms with E-state index in [1.165, 1.54) is 5.56 Å². The normalized spacial score (nSPS) is 10.1. The molecule has 0 fully saturated rings. The van der Waals surface area contributed by atoms with Gasteiger partial charge in [-0.15, -0.1) is 0 Å². The molecular formula is C20H17N3O2. The first-order chi connectivity index (χ1) is 12.2. The monoisotopic (exact) mass is 331 g/mol. The highest BCUT2D eigenvalue weighted by Gasteiger charge is 2.08. The van der Waals surface area contributed by atoms with Gasteiger partial charge >= 0.3 is 5.97 Å². The molecule has 0 bridgehead atoms. The molecule has 0 saturated heterocycles. The molecule has 0 atom stereocenters. The topological polar surface area (TPSA) is 67.2 Å². The Kier molecular flexibility index (Phi) is 4.93. The molecule has 3 aromatic rings. The summed E-state index contributed by atoms with van der Waals surface area (Å²) in [6, 6.07) is 14.6. The second kappa shape index (κ2) is 7.47. The van der Waals surface area contributed by atoms with Crippen LogP contribution in [0.5, 0.6) is 0 Å². The average molecular weight is 331 g/mol. The number of carboxylic acids is 1. The van der Waals surface area contributed by atoms with E-state index in [1.54, 1.807) is 35.3 Å². The van der Waals surface area contributed by atoms with Crippen molar-refractivity contribution in [3.8, 4) is 17.5 Å². The molecule has 0 radical (unpaired) electrons. The highest BCUT2D eigenvalue weighted by Crippen LogP contribution is 2.16. The van der Waals surface area contributed by atoms with E-state index in [9.17, 15) is 9.90 Å². The fourth-order valence-corrected chi connectivity index (χ4v) is 2.43. The molecule has 1 aromatic heterocycles. The Bertz CT molecular complexity index is 933. The minimum atomic E-state index is -0.980. The van der Waals surface area contributed by atoms with E-state index in [-0.39, 0.29) is 5.56 Å². The minimum Gasteiger partial charge on any atom is -0.478 e. The Morgan fingerprint density at radius 1 is 1.20 bits per heavy atom. The molecule has 25 heavy (non-hydrogen) atoms. The molecule has 2 aromatic carbocycles. The molecule has 0 aliphatic heterocycles. The third-order valence-corrected chi connectivity index (χ3v) is 3.67. The summed E-state index contributed by atoms with van der Waals surface area (Å²) in [6.07, 6.45) is 3.47. The van der Waals surface area contributed by atoms with Gasteiger partial charge in [0.15, 0.2) is 0 Å². The largest absolute Gasteiger partial charge is 0.478 e. The van der Waals surface area contributed by atoms with Gasteiger partial charge in [-0.05, 0) is 49.0 Å². The summed E-state index contributed by atoms with van der Waals surface area (Å²) in [5, 5.41) is 16.5. The molecule has 0 aliphatic carbocycles. The van der Waals surface area contributed by atoms with E-state index in [0.29, 0.717) is 5.56 Å². The number of hydrogen-bond acceptors (Lipinski definition) is 3. The maximum absolute atomic E-state index is 11.2. The zero-order chi connectivity index (χ0) is 17.6. The SMILES string of the molecule is CNCc1ccc(C#Cc2cc(C(=O)O)ccc2-n2cccn2)cc1. The molecule has 0 aliphatic rings. The Morgan fingerprint density at radius 3 is 2.64 bits per heavy atom. The quantitative estimate of drug-likeness (QED) is 0.721. The van der Waals surface area contributed by atoms with Crippen LogP contribution in [0.3, 0.4) is 0 Å². The van der Waals surface area contributed by atoms with Crippen LogP contribution in [0, 0.1) is 11.8 Å². The van der Waals surface area contributed by atoms with Gasteiger partial charge in [0, 0.05) is 24.5 Å². The first-order valence-electron chi connectivity index (χ1n) is 7.80. The molecule has 0 saturated carbocycles. The predicted molar refractivity (Wildman–Crippen MR) is 95.7 cm³/mol. The van der Waals surface area contributed by atoms with Crippen LogP contribution in [0.25, 0.3) is 5.69 Å². The van der Waals surface area contributed by atoms with Crippen LogP contribution in [0.15, 0.2) is 60.9 Å². The van der Waals surface area contributed by atoms with Gasteiger partial charge in [0.05, 0.1) is 16.8 Å². The van der Waals surface area contributed by atoms with Crippen LogP contribution in [0.2, 0.25) is 0 Å². The summed E-state index contributed by atoms with van der Waals surface area (Å²) in [5.74, 6) is 5.19. The van der Waals surface area contributed by atoms with Crippen molar-refractivity contribution in [2.24, 2.45) is 0 Å². The zero-order valence-electron chi connectivity index (χ0n) is 13.7. The molecule has 124 valence electrons. The van der Waals surface area contributed by atoms with Crippen LogP contribution < -0.4 is 5.32 Å². The first kappa shape index (κ1) is 16.5. The van der Waals surface area contributed by atoms with Crippen molar-refractivity contribution in [3.05, 3.63) is 83.2 Å². The maximum Gasteiger partial charge on any atom is 0.335 e. The average Bonchev–Trinajstić information content (AvgIpc) is 3.15. The van der Waals surface area contributed by atoms with E-state index in [4.69, 9.17) is 0 Å². The first-order valence-corrected chi connectivity index (χ1v) is 7.80. The van der Waals surface area contributed by atoms with Gasteiger partial charge < -0.3 is 10.4 Å². The number of nitrogens with one attached hydrogen (secondary N) is 1. The third kappa shape index (κ3) is 3.94. The molecule has 0 spiro atoms. The number of nitrogens with zero attached hydrogens (tertiary/aromatic N) is 2. The predicted octanol–water partition coefficient (Wildman–Crippen LogP) is 2.69. The van der Waals surface area contributed by atoms with Gasteiger partial charge in [0.2, 0.25) is 0 Å². The van der Waals surface area contributed by atoms with Crippen LogP contribution in [-0.2, 0) is 6.54 Å². The number of benzene rings is 2. The summed E-state index contributed by atoms with van der Waals surface area (Å²) in [6.45, 7) is 0.803. The highest BCUT2D eigenvalue weighted by molar-refractivity contribution is 5.88. The smallest absolute Gasteiger partial charge is 0.335 e. The van der Waals surface area contributed by atoms with Crippen molar-refractivity contribution >= 4 is 5.97 Å². The fourth-order valence-electron chi connectivity index (χ4n) is 2.43. The zero-order valence-corrected chi connectivity index (χ0v) is 13.7. The van der Waals surface area contributed by atoms with Crippen LogP contribution >= 0.6 is 0 Å². The molecule has 0 amide bonds. The lowest BCUT2D eigenvalue weighted by molar-refractivity contribution is 0.0697. The molecule has 3 rings (SSSR count). The van der Waals surface area contributed by atoms with E-state index in [0.717, 1.165) is 17.8 Å². The lowest BCUT2D eigenvalue weighted by Crippen LogP contribution is -2.04. The van der Waals surface area contributed by atoms with E-state index in [2.05, 4.69) is 22.3 Å². The van der Waals surface area contributed by atoms with Crippen molar-refractivity contribution in [1.82, 2.24) is 15.1 Å². The van der Waals surface area contributed by atoms with Crippen molar-refractivity contribution in [2.45, 2.75) is 6.54 Å². The highest BCUT2D eigenvalue weighted by atomic mass is 16.4. The Morgan fingerprint density at radius 2 is 2.00 bits per heavy atom. The summed E-state index contributed by atoms with van der Waals surface area (Å²) in [7, 11) is 1.90. The number of hydrogen-bond donors (Lipinski definition) is 2. The van der Waals surface area contributed by atoms with Gasteiger partial charge in [0.25, 0.3) is 0 Å². The lowest BCUT2D eigenvalue weighted by atomic mass is 10.1. The molecule has 0 unspecified atom stereocenters. The number of aromatic carboxylic acids is 1. The second-order valence-corrected chi connectivity index (χ2v) is 5.46. The van der Waals surface area contributed by atoms with E-state index >= 15 is 0 Å². The van der Waals surface area contributed by atoms with Crippen molar-refractivity contribution in [3.63, 3.8) is 0 Å². The van der Waals surface area contributed by atoms with Crippen molar-refractivity contribution in [2.75, 3.05) is 7.05 Å². The summed E-state index contributed by atoms with van der Waals surface area (Å²) in [5.41, 5.74) is 3.60. The number of rotatable bonds is 4. The van der Waals surface area contributed by atoms with Crippen molar-refractivity contribution < 1.29 is 9.90 Å². The second-order valence-electron chi connectivity index (χ2n) is 5.46. The van der Waals surface area contributed by atoms with Crippen LogP contribution in [0.1, 0.15) is 27.0 Å². The molecule has 1 heterocycles. The van der Waals surface area contributed by atoms with Gasteiger partial charge in [-0.2, -0.15) is 5.10 Å². The molecular weight excluding hydrogens is 314 g/mol. The fraction of sp³-hybridized carbons (Fsp3) is 0.100. The Balaban J connectivity index is 1.98. The third-order valence-electron chi connectivity index (χ3n) is 3.67.